The minimum absolute atomic E-state index is 0.128. The summed E-state index contributed by atoms with van der Waals surface area (Å²) in [5.74, 6) is -0.740. The molecule has 0 spiro atoms. The van der Waals surface area contributed by atoms with Crippen molar-refractivity contribution in [1.29, 1.82) is 0 Å². The molecule has 0 aliphatic carbocycles. The van der Waals surface area contributed by atoms with Crippen molar-refractivity contribution in [3.8, 4) is 0 Å². The minimum Gasteiger partial charge on any atom is -0.267 e. The molecule has 0 aliphatic heterocycles. The predicted molar refractivity (Wildman–Crippen MR) is 93.3 cm³/mol. The van der Waals surface area contributed by atoms with Crippen molar-refractivity contribution >= 4 is 39.0 Å². The van der Waals surface area contributed by atoms with Gasteiger partial charge in [-0.2, -0.15) is 4.36 Å². The van der Waals surface area contributed by atoms with Crippen LogP contribution in [-0.4, -0.2) is 21.3 Å². The SMILES string of the molecule is CS(=O)(=NC(=O)/C=C/c1ccccc1[N+](=O)[O-])c1ccc(Cl)cc1. The number of nitro benzene ring substituents is 1. The Bertz CT molecular complexity index is 929. The van der Waals surface area contributed by atoms with Crippen molar-refractivity contribution < 1.29 is 13.9 Å². The minimum atomic E-state index is -2.93. The third kappa shape index (κ3) is 4.50. The molecule has 0 fully saturated rings. The van der Waals surface area contributed by atoms with Crippen LogP contribution in [0.15, 0.2) is 63.9 Å². The lowest BCUT2D eigenvalue weighted by atomic mass is 10.1. The Morgan fingerprint density at radius 3 is 2.46 bits per heavy atom. The maximum absolute atomic E-state index is 12.5. The largest absolute Gasteiger partial charge is 0.278 e. The number of nitro groups is 1. The molecular weight excluding hydrogens is 352 g/mol. The molecular formula is C16H13ClN2O4S. The van der Waals surface area contributed by atoms with E-state index in [2.05, 4.69) is 4.36 Å². The second kappa shape index (κ2) is 7.37. The summed E-state index contributed by atoms with van der Waals surface area (Å²) in [5, 5.41) is 11.4. The Kier molecular flexibility index (Phi) is 5.48. The van der Waals surface area contributed by atoms with E-state index in [1.54, 1.807) is 18.2 Å². The Hall–Kier alpha value is -2.51. The summed E-state index contributed by atoms with van der Waals surface area (Å²) in [6, 6.07) is 12.2. The fourth-order valence-corrected chi connectivity index (χ4v) is 3.17. The quantitative estimate of drug-likeness (QED) is 0.466. The molecule has 1 unspecified atom stereocenters. The molecule has 1 amide bonds. The van der Waals surface area contributed by atoms with Crippen LogP contribution in [0.25, 0.3) is 6.08 Å². The van der Waals surface area contributed by atoms with Crippen LogP contribution in [0.2, 0.25) is 5.02 Å². The van der Waals surface area contributed by atoms with Crippen molar-refractivity contribution in [2.45, 2.75) is 4.90 Å². The number of halogens is 1. The van der Waals surface area contributed by atoms with Crippen LogP contribution in [0, 0.1) is 10.1 Å². The molecule has 0 heterocycles. The zero-order valence-corrected chi connectivity index (χ0v) is 14.2. The first-order chi connectivity index (χ1) is 11.3. The number of amides is 1. The average molecular weight is 365 g/mol. The smallest absolute Gasteiger partial charge is 0.267 e. The average Bonchev–Trinajstić information content (AvgIpc) is 2.53. The van der Waals surface area contributed by atoms with Crippen LogP contribution < -0.4 is 0 Å². The third-order valence-corrected chi connectivity index (χ3v) is 4.98. The highest BCUT2D eigenvalue weighted by Crippen LogP contribution is 2.19. The molecule has 0 saturated carbocycles. The fraction of sp³-hybridized carbons (Fsp3) is 0.0625. The van der Waals surface area contributed by atoms with E-state index < -0.39 is 20.6 Å². The summed E-state index contributed by atoms with van der Waals surface area (Å²) in [7, 11) is -2.93. The Labute approximate surface area is 144 Å². The second-order valence-corrected chi connectivity index (χ2v) is 7.53. The lowest BCUT2D eigenvalue weighted by Crippen LogP contribution is -2.01. The van der Waals surface area contributed by atoms with Gasteiger partial charge in [0.1, 0.15) is 0 Å². The zero-order chi connectivity index (χ0) is 17.7. The van der Waals surface area contributed by atoms with E-state index in [0.717, 1.165) is 6.08 Å². The van der Waals surface area contributed by atoms with Crippen LogP contribution in [0.5, 0.6) is 0 Å². The fourth-order valence-electron chi connectivity index (χ4n) is 1.90. The van der Waals surface area contributed by atoms with Crippen LogP contribution >= 0.6 is 11.6 Å². The van der Waals surface area contributed by atoms with E-state index >= 15 is 0 Å². The molecule has 0 radical (unpaired) electrons. The highest BCUT2D eigenvalue weighted by Gasteiger charge is 2.11. The van der Waals surface area contributed by atoms with Crippen molar-refractivity contribution in [1.82, 2.24) is 0 Å². The zero-order valence-electron chi connectivity index (χ0n) is 12.6. The summed E-state index contributed by atoms with van der Waals surface area (Å²) in [6.07, 6.45) is 3.68. The number of hydrogen-bond acceptors (Lipinski definition) is 4. The topological polar surface area (TPSA) is 89.6 Å². The molecule has 6 nitrogen and oxygen atoms in total. The molecule has 2 rings (SSSR count). The van der Waals surface area contributed by atoms with Gasteiger partial charge >= 0.3 is 0 Å². The van der Waals surface area contributed by atoms with Gasteiger partial charge in [-0.3, -0.25) is 14.9 Å². The lowest BCUT2D eigenvalue weighted by Gasteiger charge is -2.02. The van der Waals surface area contributed by atoms with Crippen LogP contribution in [0.3, 0.4) is 0 Å². The number of para-hydroxylation sites is 1. The molecule has 2 aromatic rings. The molecule has 0 aliphatic rings. The van der Waals surface area contributed by atoms with Crippen LogP contribution in [0.1, 0.15) is 5.56 Å². The predicted octanol–water partition coefficient (Wildman–Crippen LogP) is 3.94. The van der Waals surface area contributed by atoms with Gasteiger partial charge in [0.2, 0.25) is 0 Å². The molecule has 1 atom stereocenters. The van der Waals surface area contributed by atoms with Gasteiger partial charge in [-0.05, 0) is 36.4 Å². The molecule has 2 aromatic carbocycles. The Balaban J connectivity index is 2.28. The van der Waals surface area contributed by atoms with Gasteiger partial charge in [0.25, 0.3) is 11.6 Å². The summed E-state index contributed by atoms with van der Waals surface area (Å²) in [4.78, 5) is 22.7. The van der Waals surface area contributed by atoms with E-state index in [1.807, 2.05) is 0 Å². The molecule has 0 N–H and O–H groups in total. The van der Waals surface area contributed by atoms with Crippen LogP contribution in [-0.2, 0) is 14.5 Å². The number of nitrogens with zero attached hydrogens (tertiary/aromatic N) is 2. The normalized spacial score (nSPS) is 13.4. The first-order valence-electron chi connectivity index (χ1n) is 6.73. The monoisotopic (exact) mass is 364 g/mol. The lowest BCUT2D eigenvalue weighted by molar-refractivity contribution is -0.385. The van der Waals surface area contributed by atoms with Gasteiger partial charge in [-0.1, -0.05) is 23.7 Å². The van der Waals surface area contributed by atoms with Gasteiger partial charge in [0.05, 0.1) is 20.2 Å². The summed E-state index contributed by atoms with van der Waals surface area (Å²) < 4.78 is 16.2. The third-order valence-electron chi connectivity index (χ3n) is 3.05. The van der Waals surface area contributed by atoms with Crippen molar-refractivity contribution in [2.75, 3.05) is 6.26 Å². The van der Waals surface area contributed by atoms with E-state index in [0.29, 0.717) is 9.92 Å². The molecule has 8 heteroatoms. The Morgan fingerprint density at radius 1 is 1.21 bits per heavy atom. The van der Waals surface area contributed by atoms with E-state index in [9.17, 15) is 19.1 Å². The molecule has 24 heavy (non-hydrogen) atoms. The van der Waals surface area contributed by atoms with E-state index in [4.69, 9.17) is 11.6 Å². The number of rotatable bonds is 4. The molecule has 0 aromatic heterocycles. The maximum Gasteiger partial charge on any atom is 0.278 e. The number of benzene rings is 2. The molecule has 124 valence electrons. The van der Waals surface area contributed by atoms with Crippen molar-refractivity contribution in [2.24, 2.45) is 4.36 Å². The van der Waals surface area contributed by atoms with Crippen LogP contribution in [0.4, 0.5) is 5.69 Å². The van der Waals surface area contributed by atoms with Gasteiger partial charge < -0.3 is 0 Å². The standard InChI is InChI=1S/C16H13ClN2O4S/c1-24(23,14-9-7-13(17)8-10-14)18-16(20)11-6-12-4-2-3-5-15(12)19(21)22/h2-11H,1H3/b11-6+. The molecule has 0 saturated heterocycles. The second-order valence-electron chi connectivity index (χ2n) is 4.84. The maximum atomic E-state index is 12.5. The van der Waals surface area contributed by atoms with Crippen molar-refractivity contribution in [3.63, 3.8) is 0 Å². The first-order valence-corrected chi connectivity index (χ1v) is 9.03. The number of carbonyl (C=O) groups is 1. The highest BCUT2D eigenvalue weighted by atomic mass is 35.5. The van der Waals surface area contributed by atoms with Gasteiger partial charge in [-0.25, -0.2) is 4.21 Å². The summed E-state index contributed by atoms with van der Waals surface area (Å²) in [5.41, 5.74) is 0.136. The highest BCUT2D eigenvalue weighted by molar-refractivity contribution is 7.93. The first kappa shape index (κ1) is 17.8. The van der Waals surface area contributed by atoms with Crippen molar-refractivity contribution in [3.05, 3.63) is 75.3 Å². The van der Waals surface area contributed by atoms with E-state index in [-0.39, 0.29) is 11.3 Å². The van der Waals surface area contributed by atoms with E-state index in [1.165, 1.54) is 42.7 Å². The van der Waals surface area contributed by atoms with Gasteiger partial charge in [-0.15, -0.1) is 0 Å². The number of hydrogen-bond donors (Lipinski definition) is 0. The van der Waals surface area contributed by atoms with Gasteiger partial charge in [0, 0.05) is 28.3 Å². The summed E-state index contributed by atoms with van der Waals surface area (Å²) >= 11 is 5.77. The van der Waals surface area contributed by atoms with Gasteiger partial charge in [0.15, 0.2) is 0 Å². The summed E-state index contributed by atoms with van der Waals surface area (Å²) in [6.45, 7) is 0. The Morgan fingerprint density at radius 2 is 1.83 bits per heavy atom. The molecule has 0 bridgehead atoms. The number of carbonyl (C=O) groups excluding carboxylic acids is 1.